The molecule has 0 radical (unpaired) electrons. The summed E-state index contributed by atoms with van der Waals surface area (Å²) >= 11 is 5.01. The number of hydrogen-bond acceptors (Lipinski definition) is 3. The van der Waals surface area contributed by atoms with E-state index in [-0.39, 0.29) is 5.91 Å². The summed E-state index contributed by atoms with van der Waals surface area (Å²) in [4.78, 5) is 12.6. The predicted molar refractivity (Wildman–Crippen MR) is 61.9 cm³/mol. The maximum absolute atomic E-state index is 11.5. The van der Waals surface area contributed by atoms with Crippen molar-refractivity contribution in [3.05, 3.63) is 45.0 Å². The van der Waals surface area contributed by atoms with E-state index in [9.17, 15) is 4.79 Å². The molecule has 1 amide bonds. The smallest absolute Gasteiger partial charge is 0.254 e. The van der Waals surface area contributed by atoms with Gasteiger partial charge in [0.15, 0.2) is 0 Å². The molecule has 0 saturated heterocycles. The molecule has 1 N–H and O–H groups in total. The molecule has 0 aliphatic heterocycles. The molecule has 0 atom stereocenters. The third-order valence-corrected chi connectivity index (χ3v) is 3.81. The first-order valence-corrected chi connectivity index (χ1v) is 5.97. The fourth-order valence-electron chi connectivity index (χ4n) is 1.11. The van der Waals surface area contributed by atoms with Gasteiger partial charge in [-0.3, -0.25) is 4.79 Å². The molecule has 0 aliphatic carbocycles. The van der Waals surface area contributed by atoms with Gasteiger partial charge in [0, 0.05) is 9.35 Å². The fourth-order valence-corrected chi connectivity index (χ4v) is 2.54. The number of amides is 1. The van der Waals surface area contributed by atoms with Crippen LogP contribution in [0.3, 0.4) is 0 Å². The Labute approximate surface area is 99.2 Å². The molecule has 0 aliphatic rings. The van der Waals surface area contributed by atoms with Gasteiger partial charge in [-0.1, -0.05) is 0 Å². The molecular formula is C10H8BrNO2S. The highest BCUT2D eigenvalue weighted by molar-refractivity contribution is 9.10. The van der Waals surface area contributed by atoms with Crippen LogP contribution in [0, 0.1) is 0 Å². The van der Waals surface area contributed by atoms with Crippen LogP contribution in [0.25, 0.3) is 0 Å². The molecule has 0 spiro atoms. The number of hydrogen-bond donors (Lipinski definition) is 1. The summed E-state index contributed by atoms with van der Waals surface area (Å²) in [7, 11) is 0. The molecule has 0 fully saturated rings. The first-order valence-electron chi connectivity index (χ1n) is 4.29. The molecule has 0 bridgehead atoms. The average Bonchev–Trinajstić information content (AvgIpc) is 2.85. The van der Waals surface area contributed by atoms with Gasteiger partial charge in [0.1, 0.15) is 6.26 Å². The summed E-state index contributed by atoms with van der Waals surface area (Å²) in [6.45, 7) is 0.530. The number of halogens is 1. The van der Waals surface area contributed by atoms with Crippen molar-refractivity contribution in [2.45, 2.75) is 6.54 Å². The van der Waals surface area contributed by atoms with E-state index in [4.69, 9.17) is 4.42 Å². The van der Waals surface area contributed by atoms with Crippen LogP contribution >= 0.6 is 27.3 Å². The first kappa shape index (κ1) is 10.4. The molecule has 78 valence electrons. The number of carbonyl (C=O) groups excluding carboxylic acids is 1. The van der Waals surface area contributed by atoms with Crippen LogP contribution in [0.1, 0.15) is 15.2 Å². The second-order valence-electron chi connectivity index (χ2n) is 2.89. The van der Waals surface area contributed by atoms with E-state index in [0.29, 0.717) is 12.1 Å². The second kappa shape index (κ2) is 4.63. The van der Waals surface area contributed by atoms with Gasteiger partial charge < -0.3 is 9.73 Å². The summed E-state index contributed by atoms with van der Waals surface area (Å²) in [5.74, 6) is -0.121. The molecule has 0 unspecified atom stereocenters. The van der Waals surface area contributed by atoms with E-state index in [1.807, 2.05) is 11.4 Å². The number of furan rings is 1. The molecular weight excluding hydrogens is 278 g/mol. The van der Waals surface area contributed by atoms with Crippen molar-refractivity contribution >= 4 is 33.2 Å². The lowest BCUT2D eigenvalue weighted by atomic mass is 10.3. The molecule has 2 heterocycles. The zero-order valence-electron chi connectivity index (χ0n) is 7.70. The quantitative estimate of drug-likeness (QED) is 0.942. The Morgan fingerprint density at radius 2 is 2.40 bits per heavy atom. The average molecular weight is 286 g/mol. The van der Waals surface area contributed by atoms with Crippen LogP contribution < -0.4 is 5.32 Å². The van der Waals surface area contributed by atoms with Gasteiger partial charge in [-0.15, -0.1) is 11.3 Å². The zero-order chi connectivity index (χ0) is 10.7. The SMILES string of the molecule is O=C(NCc1sccc1Br)c1ccoc1. The van der Waals surface area contributed by atoms with Gasteiger partial charge >= 0.3 is 0 Å². The van der Waals surface area contributed by atoms with Crippen molar-refractivity contribution in [3.63, 3.8) is 0 Å². The Balaban J connectivity index is 1.95. The standard InChI is InChI=1S/C10H8BrNO2S/c11-8-2-4-15-9(8)5-12-10(13)7-1-3-14-6-7/h1-4,6H,5H2,(H,12,13). The summed E-state index contributed by atoms with van der Waals surface area (Å²) in [5, 5.41) is 4.79. The molecule has 0 aromatic carbocycles. The largest absolute Gasteiger partial charge is 0.472 e. The number of rotatable bonds is 3. The molecule has 2 aromatic heterocycles. The third kappa shape index (κ3) is 2.49. The minimum absolute atomic E-state index is 0.121. The van der Waals surface area contributed by atoms with Crippen molar-refractivity contribution in [2.24, 2.45) is 0 Å². The van der Waals surface area contributed by atoms with E-state index in [2.05, 4.69) is 21.2 Å². The van der Waals surface area contributed by atoms with Gasteiger partial charge in [-0.05, 0) is 33.4 Å². The Morgan fingerprint density at radius 1 is 1.53 bits per heavy atom. The predicted octanol–water partition coefficient (Wildman–Crippen LogP) is 3.03. The van der Waals surface area contributed by atoms with E-state index in [1.54, 1.807) is 17.4 Å². The zero-order valence-corrected chi connectivity index (χ0v) is 10.1. The summed E-state index contributed by atoms with van der Waals surface area (Å²) in [6, 6.07) is 3.60. The van der Waals surface area contributed by atoms with Crippen LogP contribution in [0.15, 0.2) is 38.9 Å². The monoisotopic (exact) mass is 285 g/mol. The highest BCUT2D eigenvalue weighted by atomic mass is 79.9. The van der Waals surface area contributed by atoms with E-state index in [0.717, 1.165) is 9.35 Å². The van der Waals surface area contributed by atoms with Gasteiger partial charge in [0.05, 0.1) is 18.4 Å². The molecule has 5 heteroatoms. The van der Waals surface area contributed by atoms with Crippen molar-refractivity contribution < 1.29 is 9.21 Å². The van der Waals surface area contributed by atoms with Gasteiger partial charge in [-0.25, -0.2) is 0 Å². The summed E-state index contributed by atoms with van der Waals surface area (Å²) in [5.41, 5.74) is 0.544. The number of nitrogens with one attached hydrogen (secondary N) is 1. The van der Waals surface area contributed by atoms with Crippen LogP contribution in [0.2, 0.25) is 0 Å². The maximum atomic E-state index is 11.5. The number of thiophene rings is 1. The minimum Gasteiger partial charge on any atom is -0.472 e. The maximum Gasteiger partial charge on any atom is 0.254 e. The van der Waals surface area contributed by atoms with Crippen molar-refractivity contribution in [1.82, 2.24) is 5.32 Å². The lowest BCUT2D eigenvalue weighted by Gasteiger charge is -2.01. The Morgan fingerprint density at radius 3 is 3.00 bits per heavy atom. The van der Waals surface area contributed by atoms with Gasteiger partial charge in [0.25, 0.3) is 5.91 Å². The Hall–Kier alpha value is -1.07. The third-order valence-electron chi connectivity index (χ3n) is 1.88. The van der Waals surface area contributed by atoms with Crippen LogP contribution in [0.5, 0.6) is 0 Å². The normalized spacial score (nSPS) is 10.2. The topological polar surface area (TPSA) is 42.2 Å². The lowest BCUT2D eigenvalue weighted by molar-refractivity contribution is 0.0950. The van der Waals surface area contributed by atoms with Crippen molar-refractivity contribution in [2.75, 3.05) is 0 Å². The Kier molecular flexibility index (Phi) is 3.23. The van der Waals surface area contributed by atoms with E-state index >= 15 is 0 Å². The Bertz CT molecular complexity index is 450. The highest BCUT2D eigenvalue weighted by Gasteiger charge is 2.07. The fraction of sp³-hybridized carbons (Fsp3) is 0.100. The van der Waals surface area contributed by atoms with Crippen molar-refractivity contribution in [1.29, 1.82) is 0 Å². The van der Waals surface area contributed by atoms with Crippen LogP contribution in [0.4, 0.5) is 0 Å². The lowest BCUT2D eigenvalue weighted by Crippen LogP contribution is -2.21. The summed E-state index contributed by atoms with van der Waals surface area (Å²) < 4.78 is 5.86. The van der Waals surface area contributed by atoms with Gasteiger partial charge in [-0.2, -0.15) is 0 Å². The minimum atomic E-state index is -0.121. The molecule has 2 rings (SSSR count). The van der Waals surface area contributed by atoms with E-state index in [1.165, 1.54) is 12.5 Å². The van der Waals surface area contributed by atoms with E-state index < -0.39 is 0 Å². The van der Waals surface area contributed by atoms with Gasteiger partial charge in [0.2, 0.25) is 0 Å². The second-order valence-corrected chi connectivity index (χ2v) is 4.74. The first-order chi connectivity index (χ1) is 7.27. The van der Waals surface area contributed by atoms with Crippen molar-refractivity contribution in [3.8, 4) is 0 Å². The molecule has 2 aromatic rings. The highest BCUT2D eigenvalue weighted by Crippen LogP contribution is 2.22. The molecule has 3 nitrogen and oxygen atoms in total. The summed E-state index contributed by atoms with van der Waals surface area (Å²) in [6.07, 6.45) is 2.91. The molecule has 15 heavy (non-hydrogen) atoms. The van der Waals surface area contributed by atoms with Crippen LogP contribution in [-0.4, -0.2) is 5.91 Å². The molecule has 0 saturated carbocycles. The number of carbonyl (C=O) groups is 1. The van der Waals surface area contributed by atoms with Crippen LogP contribution in [-0.2, 0) is 6.54 Å².